The van der Waals surface area contributed by atoms with Crippen LogP contribution in [0.25, 0.3) is 11.1 Å². The van der Waals surface area contributed by atoms with Gasteiger partial charge in [0.2, 0.25) is 5.91 Å². The minimum absolute atomic E-state index is 0.0162. The molecule has 0 radical (unpaired) electrons. The van der Waals surface area contributed by atoms with E-state index in [4.69, 9.17) is 4.42 Å². The van der Waals surface area contributed by atoms with Crippen molar-refractivity contribution in [3.63, 3.8) is 0 Å². The fraction of sp³-hybridized carbons (Fsp3) is 0.304. The maximum absolute atomic E-state index is 12.9. The van der Waals surface area contributed by atoms with Crippen molar-refractivity contribution in [1.29, 1.82) is 0 Å². The molecule has 0 unspecified atom stereocenters. The van der Waals surface area contributed by atoms with Crippen LogP contribution in [-0.4, -0.2) is 52.3 Å². The van der Waals surface area contributed by atoms with Gasteiger partial charge in [-0.25, -0.2) is 9.78 Å². The summed E-state index contributed by atoms with van der Waals surface area (Å²) in [5.41, 5.74) is 3.06. The van der Waals surface area contributed by atoms with Crippen LogP contribution in [0.1, 0.15) is 40.6 Å². The predicted molar refractivity (Wildman–Crippen MR) is 112 cm³/mol. The summed E-state index contributed by atoms with van der Waals surface area (Å²) in [5, 5.41) is 2.50. The quantitative estimate of drug-likeness (QED) is 0.658. The maximum atomic E-state index is 12.9. The Labute approximate surface area is 178 Å². The van der Waals surface area contributed by atoms with Crippen LogP contribution in [0.5, 0.6) is 0 Å². The number of piperidine rings is 1. The number of aromatic nitrogens is 1. The van der Waals surface area contributed by atoms with Crippen LogP contribution in [0.15, 0.2) is 52.9 Å². The Kier molecular flexibility index (Phi) is 4.89. The number of hydrogen-bond donors (Lipinski definition) is 1. The lowest BCUT2D eigenvalue weighted by molar-refractivity contribution is -0.125. The van der Waals surface area contributed by atoms with Gasteiger partial charge < -0.3 is 14.6 Å². The van der Waals surface area contributed by atoms with Gasteiger partial charge in [0.1, 0.15) is 5.52 Å². The molecular formula is C23H22N4O4. The fourth-order valence-electron chi connectivity index (χ4n) is 4.13. The van der Waals surface area contributed by atoms with Gasteiger partial charge in [-0.15, -0.1) is 0 Å². The van der Waals surface area contributed by atoms with Gasteiger partial charge >= 0.3 is 6.03 Å². The number of nitrogens with one attached hydrogen (secondary N) is 1. The number of carbonyl (C=O) groups is 3. The van der Waals surface area contributed by atoms with E-state index in [9.17, 15) is 14.4 Å². The van der Waals surface area contributed by atoms with Gasteiger partial charge in [0.25, 0.3) is 5.91 Å². The topological polar surface area (TPSA) is 95.8 Å². The van der Waals surface area contributed by atoms with Crippen molar-refractivity contribution in [2.75, 3.05) is 19.6 Å². The Morgan fingerprint density at radius 2 is 1.81 bits per heavy atom. The van der Waals surface area contributed by atoms with Crippen LogP contribution in [0.3, 0.4) is 0 Å². The van der Waals surface area contributed by atoms with Crippen molar-refractivity contribution >= 4 is 28.9 Å². The number of hydrogen-bond acceptors (Lipinski definition) is 5. The van der Waals surface area contributed by atoms with E-state index in [1.54, 1.807) is 24.3 Å². The number of rotatable bonds is 4. The maximum Gasteiger partial charge on any atom is 0.324 e. The third kappa shape index (κ3) is 3.76. The smallest absolute Gasteiger partial charge is 0.324 e. The summed E-state index contributed by atoms with van der Waals surface area (Å²) >= 11 is 0. The first-order chi connectivity index (χ1) is 15.1. The van der Waals surface area contributed by atoms with Crippen LogP contribution >= 0.6 is 0 Å². The Hall–Kier alpha value is -3.68. The highest BCUT2D eigenvalue weighted by Gasteiger charge is 2.29. The van der Waals surface area contributed by atoms with Gasteiger partial charge in [0.05, 0.1) is 13.1 Å². The van der Waals surface area contributed by atoms with E-state index in [2.05, 4.69) is 10.3 Å². The monoisotopic (exact) mass is 418 g/mol. The van der Waals surface area contributed by atoms with Crippen molar-refractivity contribution in [3.8, 4) is 0 Å². The Morgan fingerprint density at radius 3 is 2.48 bits per heavy atom. The van der Waals surface area contributed by atoms with Gasteiger partial charge in [-0.1, -0.05) is 24.3 Å². The lowest BCUT2D eigenvalue weighted by Crippen LogP contribution is -2.38. The second kappa shape index (κ2) is 7.86. The number of amides is 4. The summed E-state index contributed by atoms with van der Waals surface area (Å²) in [6.45, 7) is 1.53. The number of imide groups is 1. The van der Waals surface area contributed by atoms with Gasteiger partial charge in [0.15, 0.2) is 11.5 Å². The van der Waals surface area contributed by atoms with Crippen LogP contribution in [0.2, 0.25) is 0 Å². The SMILES string of the molecule is O=C(c1ccc(CN2C(=O)CNC2=O)cc1)N1CCC(c2nc3ccccc3o2)CC1. The fourth-order valence-corrected chi connectivity index (χ4v) is 4.13. The Balaban J connectivity index is 1.20. The lowest BCUT2D eigenvalue weighted by atomic mass is 9.96. The molecule has 0 atom stereocenters. The molecule has 8 nitrogen and oxygen atoms in total. The van der Waals surface area contributed by atoms with Crippen molar-refractivity contribution in [3.05, 3.63) is 65.5 Å². The first-order valence-electron chi connectivity index (χ1n) is 10.4. The summed E-state index contributed by atoms with van der Waals surface area (Å²) in [4.78, 5) is 43.9. The lowest BCUT2D eigenvalue weighted by Gasteiger charge is -2.30. The minimum atomic E-state index is -0.382. The number of urea groups is 1. The molecule has 2 fully saturated rings. The van der Waals surface area contributed by atoms with Crippen LogP contribution in [0, 0.1) is 0 Å². The van der Waals surface area contributed by atoms with Crippen LogP contribution in [-0.2, 0) is 11.3 Å². The van der Waals surface area contributed by atoms with Crippen LogP contribution < -0.4 is 5.32 Å². The molecule has 31 heavy (non-hydrogen) atoms. The highest BCUT2D eigenvalue weighted by molar-refractivity contribution is 6.01. The zero-order valence-electron chi connectivity index (χ0n) is 16.9. The molecule has 2 aliphatic heterocycles. The molecule has 2 aromatic carbocycles. The van der Waals surface area contributed by atoms with E-state index in [1.165, 1.54) is 4.90 Å². The molecular weight excluding hydrogens is 396 g/mol. The van der Waals surface area contributed by atoms with Gasteiger partial charge in [-0.3, -0.25) is 14.5 Å². The third-order valence-corrected chi connectivity index (χ3v) is 5.92. The second-order valence-corrected chi connectivity index (χ2v) is 7.92. The average Bonchev–Trinajstić information content (AvgIpc) is 3.38. The zero-order chi connectivity index (χ0) is 21.4. The summed E-state index contributed by atoms with van der Waals surface area (Å²) in [6, 6.07) is 14.4. The van der Waals surface area contributed by atoms with Gasteiger partial charge in [0, 0.05) is 24.6 Å². The van der Waals surface area contributed by atoms with E-state index in [1.807, 2.05) is 29.2 Å². The average molecular weight is 418 g/mol. The van der Waals surface area contributed by atoms with Crippen molar-refractivity contribution in [2.24, 2.45) is 0 Å². The Bertz CT molecular complexity index is 1100. The van der Waals surface area contributed by atoms with E-state index in [0.29, 0.717) is 18.7 Å². The van der Waals surface area contributed by atoms with Crippen molar-refractivity contribution in [2.45, 2.75) is 25.3 Å². The summed E-state index contributed by atoms with van der Waals surface area (Å²) < 4.78 is 5.90. The molecule has 0 aliphatic carbocycles. The summed E-state index contributed by atoms with van der Waals surface area (Å²) in [7, 11) is 0. The first-order valence-corrected chi connectivity index (χ1v) is 10.4. The number of benzene rings is 2. The van der Waals surface area contributed by atoms with E-state index in [-0.39, 0.29) is 36.9 Å². The predicted octanol–water partition coefficient (Wildman–Crippen LogP) is 2.90. The van der Waals surface area contributed by atoms with Crippen molar-refractivity contribution in [1.82, 2.24) is 20.1 Å². The molecule has 8 heteroatoms. The number of carbonyl (C=O) groups excluding carboxylic acids is 3. The van der Waals surface area contributed by atoms with E-state index in [0.717, 1.165) is 35.4 Å². The number of fused-ring (bicyclic) bond motifs is 1. The third-order valence-electron chi connectivity index (χ3n) is 5.92. The van der Waals surface area contributed by atoms with Crippen molar-refractivity contribution < 1.29 is 18.8 Å². The molecule has 0 bridgehead atoms. The van der Waals surface area contributed by atoms with E-state index < -0.39 is 0 Å². The largest absolute Gasteiger partial charge is 0.440 e. The van der Waals surface area contributed by atoms with E-state index >= 15 is 0 Å². The number of para-hydroxylation sites is 2. The molecule has 3 heterocycles. The molecule has 158 valence electrons. The number of likely N-dealkylation sites (tertiary alicyclic amines) is 1. The molecule has 1 aromatic heterocycles. The first kappa shape index (κ1) is 19.3. The minimum Gasteiger partial charge on any atom is -0.440 e. The molecule has 3 aromatic rings. The van der Waals surface area contributed by atoms with Gasteiger partial charge in [-0.2, -0.15) is 0 Å². The highest BCUT2D eigenvalue weighted by Crippen LogP contribution is 2.30. The summed E-state index contributed by atoms with van der Waals surface area (Å²) in [6.07, 6.45) is 1.62. The number of oxazole rings is 1. The molecule has 0 saturated carbocycles. The molecule has 2 saturated heterocycles. The van der Waals surface area contributed by atoms with Crippen LogP contribution in [0.4, 0.5) is 4.79 Å². The normalized spacial score (nSPS) is 17.4. The standard InChI is InChI=1S/C23H22N4O4/c28-20-13-24-23(30)27(20)14-15-5-7-17(8-6-15)22(29)26-11-9-16(10-12-26)21-25-18-3-1-2-4-19(18)31-21/h1-8,16H,9-14H2,(H,24,30). The molecule has 4 amide bonds. The molecule has 5 rings (SSSR count). The summed E-state index contributed by atoms with van der Waals surface area (Å²) in [5.74, 6) is 0.700. The molecule has 2 aliphatic rings. The zero-order valence-corrected chi connectivity index (χ0v) is 16.9. The highest BCUT2D eigenvalue weighted by atomic mass is 16.3. The Morgan fingerprint density at radius 1 is 1.06 bits per heavy atom. The molecule has 1 N–H and O–H groups in total. The van der Waals surface area contributed by atoms with Gasteiger partial charge in [-0.05, 0) is 42.7 Å². The second-order valence-electron chi connectivity index (χ2n) is 7.92. The molecule has 0 spiro atoms. The number of nitrogens with zero attached hydrogens (tertiary/aromatic N) is 3.